The number of nitrogens with zero attached hydrogens (tertiary/aromatic N) is 6. The molecule has 1 aliphatic rings. The molecule has 4 aromatic rings. The molecule has 170 valence electrons. The Kier molecular flexibility index (Phi) is 6.30. The van der Waals surface area contributed by atoms with Crippen LogP contribution in [0.2, 0.25) is 0 Å². The van der Waals surface area contributed by atoms with Gasteiger partial charge in [0.25, 0.3) is 0 Å². The minimum absolute atomic E-state index is 0.515. The van der Waals surface area contributed by atoms with Gasteiger partial charge in [-0.1, -0.05) is 0 Å². The van der Waals surface area contributed by atoms with Crippen LogP contribution in [-0.4, -0.2) is 62.8 Å². The van der Waals surface area contributed by atoms with Crippen molar-refractivity contribution >= 4 is 22.4 Å². The fourth-order valence-corrected chi connectivity index (χ4v) is 4.03. The van der Waals surface area contributed by atoms with Gasteiger partial charge in [0.15, 0.2) is 11.5 Å². The number of imidazole rings is 1. The number of rotatable bonds is 9. The molecular formula is C24H27N7O2. The summed E-state index contributed by atoms with van der Waals surface area (Å²) in [7, 11) is 1.65. The molecule has 0 unspecified atom stereocenters. The molecule has 0 amide bonds. The maximum absolute atomic E-state index is 6.12. The van der Waals surface area contributed by atoms with E-state index in [0.29, 0.717) is 29.9 Å². The average Bonchev–Trinajstić information content (AvgIpc) is 3.56. The highest BCUT2D eigenvalue weighted by molar-refractivity contribution is 5.93. The number of fused-ring (bicyclic) bond motifs is 1. The van der Waals surface area contributed by atoms with Crippen molar-refractivity contribution in [3.05, 3.63) is 55.4 Å². The van der Waals surface area contributed by atoms with Crippen LogP contribution >= 0.6 is 0 Å². The van der Waals surface area contributed by atoms with E-state index in [1.54, 1.807) is 36.6 Å². The molecule has 9 heteroatoms. The van der Waals surface area contributed by atoms with Crippen molar-refractivity contribution < 1.29 is 9.47 Å². The number of likely N-dealkylation sites (tertiary alicyclic amines) is 1. The van der Waals surface area contributed by atoms with Gasteiger partial charge in [0.05, 0.1) is 19.2 Å². The normalized spacial score (nSPS) is 14.0. The van der Waals surface area contributed by atoms with Crippen LogP contribution in [0.3, 0.4) is 0 Å². The molecule has 0 atom stereocenters. The van der Waals surface area contributed by atoms with Crippen LogP contribution in [0, 0.1) is 0 Å². The van der Waals surface area contributed by atoms with Crippen LogP contribution in [0.4, 0.5) is 11.5 Å². The molecule has 4 heterocycles. The number of benzene rings is 1. The van der Waals surface area contributed by atoms with Crippen LogP contribution in [0.1, 0.15) is 19.3 Å². The van der Waals surface area contributed by atoms with E-state index in [2.05, 4.69) is 20.2 Å². The van der Waals surface area contributed by atoms with Gasteiger partial charge in [-0.05, 0) is 50.6 Å². The first-order valence-corrected chi connectivity index (χ1v) is 11.2. The van der Waals surface area contributed by atoms with E-state index in [-0.39, 0.29) is 0 Å². The maximum Gasteiger partial charge on any atom is 0.237 e. The van der Waals surface area contributed by atoms with E-state index in [4.69, 9.17) is 19.4 Å². The Morgan fingerprint density at radius 2 is 1.85 bits per heavy atom. The number of hydrogen-bond donors (Lipinski definition) is 1. The molecule has 0 spiro atoms. The molecule has 1 N–H and O–H groups in total. The Labute approximate surface area is 192 Å². The van der Waals surface area contributed by atoms with Crippen LogP contribution in [0.5, 0.6) is 11.5 Å². The highest BCUT2D eigenvalue weighted by atomic mass is 16.5. The lowest BCUT2D eigenvalue weighted by atomic mass is 10.2. The Morgan fingerprint density at radius 3 is 2.61 bits per heavy atom. The van der Waals surface area contributed by atoms with Crippen molar-refractivity contribution in [3.8, 4) is 17.4 Å². The van der Waals surface area contributed by atoms with Crippen molar-refractivity contribution in [3.63, 3.8) is 0 Å². The molecule has 0 aliphatic carbocycles. The monoisotopic (exact) mass is 445 g/mol. The molecule has 3 aromatic heterocycles. The highest BCUT2D eigenvalue weighted by Crippen LogP contribution is 2.35. The third-order valence-corrected chi connectivity index (χ3v) is 5.72. The molecule has 1 fully saturated rings. The molecule has 5 rings (SSSR count). The summed E-state index contributed by atoms with van der Waals surface area (Å²) in [4.78, 5) is 20.2. The molecule has 1 saturated heterocycles. The van der Waals surface area contributed by atoms with Gasteiger partial charge in [-0.2, -0.15) is 4.98 Å². The van der Waals surface area contributed by atoms with Crippen molar-refractivity contribution in [1.29, 1.82) is 0 Å². The fraction of sp³-hybridized carbons (Fsp3) is 0.333. The minimum atomic E-state index is 0.515. The van der Waals surface area contributed by atoms with E-state index >= 15 is 0 Å². The third kappa shape index (κ3) is 4.88. The van der Waals surface area contributed by atoms with Gasteiger partial charge in [0, 0.05) is 48.5 Å². The molecule has 1 aliphatic heterocycles. The first-order chi connectivity index (χ1) is 16.3. The summed E-state index contributed by atoms with van der Waals surface area (Å²) in [6, 6.07) is 7.62. The minimum Gasteiger partial charge on any atom is -0.493 e. The largest absolute Gasteiger partial charge is 0.493 e. The molecule has 0 radical (unpaired) electrons. The summed E-state index contributed by atoms with van der Waals surface area (Å²) < 4.78 is 13.5. The van der Waals surface area contributed by atoms with Crippen molar-refractivity contribution in [2.75, 3.05) is 38.7 Å². The number of pyridine rings is 1. The molecular weight excluding hydrogens is 418 g/mol. The zero-order valence-corrected chi connectivity index (χ0v) is 18.6. The summed E-state index contributed by atoms with van der Waals surface area (Å²) >= 11 is 0. The Morgan fingerprint density at radius 1 is 1.00 bits per heavy atom. The Balaban J connectivity index is 1.46. The van der Waals surface area contributed by atoms with Crippen LogP contribution in [0.15, 0.2) is 55.4 Å². The zero-order valence-electron chi connectivity index (χ0n) is 18.6. The van der Waals surface area contributed by atoms with E-state index in [1.807, 2.05) is 30.5 Å². The predicted molar refractivity (Wildman–Crippen MR) is 127 cm³/mol. The van der Waals surface area contributed by atoms with Gasteiger partial charge < -0.3 is 19.7 Å². The molecule has 9 nitrogen and oxygen atoms in total. The second kappa shape index (κ2) is 9.83. The number of methoxy groups -OCH3 is 1. The Bertz CT molecular complexity index is 1190. The lowest BCUT2D eigenvalue weighted by Gasteiger charge is -2.17. The number of anilines is 2. The van der Waals surface area contributed by atoms with Crippen molar-refractivity contribution in [1.82, 2.24) is 29.4 Å². The standard InChI is InChI=1S/C24H27N7O2/c1-32-21-15-19-20(16-22(21)33-14-4-12-30-10-2-3-11-30)28-24(31-13-9-26-17-31)29-23(19)27-18-5-7-25-8-6-18/h5-9,13,15-17H,2-4,10-12,14H2,1H3,(H,25,27,28,29). The van der Waals surface area contributed by atoms with Gasteiger partial charge in [0.2, 0.25) is 5.95 Å². The second-order valence-corrected chi connectivity index (χ2v) is 7.97. The summed E-state index contributed by atoms with van der Waals surface area (Å²) in [5, 5.41) is 4.21. The first kappa shape index (κ1) is 21.1. The number of hydrogen-bond acceptors (Lipinski definition) is 8. The van der Waals surface area contributed by atoms with Crippen LogP contribution in [0.25, 0.3) is 16.9 Å². The number of ether oxygens (including phenoxy) is 2. The molecule has 33 heavy (non-hydrogen) atoms. The summed E-state index contributed by atoms with van der Waals surface area (Å²) in [6.45, 7) is 4.07. The Hall–Kier alpha value is -3.72. The predicted octanol–water partition coefficient (Wildman–Crippen LogP) is 3.83. The SMILES string of the molecule is COc1cc2c(Nc3ccncc3)nc(-n3ccnc3)nc2cc1OCCCN1CCCC1. The second-order valence-electron chi connectivity index (χ2n) is 7.97. The zero-order chi connectivity index (χ0) is 22.5. The lowest BCUT2D eigenvalue weighted by molar-refractivity contribution is 0.254. The molecule has 1 aromatic carbocycles. The topological polar surface area (TPSA) is 90.2 Å². The average molecular weight is 446 g/mol. The van der Waals surface area contributed by atoms with Gasteiger partial charge in [-0.3, -0.25) is 9.55 Å². The highest BCUT2D eigenvalue weighted by Gasteiger charge is 2.16. The fourth-order valence-electron chi connectivity index (χ4n) is 4.03. The first-order valence-electron chi connectivity index (χ1n) is 11.2. The van der Waals surface area contributed by atoms with Crippen LogP contribution in [-0.2, 0) is 0 Å². The quantitative estimate of drug-likeness (QED) is 0.389. The third-order valence-electron chi connectivity index (χ3n) is 5.72. The maximum atomic E-state index is 6.12. The summed E-state index contributed by atoms with van der Waals surface area (Å²) in [5.74, 6) is 2.51. The van der Waals surface area contributed by atoms with E-state index in [0.717, 1.165) is 29.6 Å². The van der Waals surface area contributed by atoms with Crippen molar-refractivity contribution in [2.45, 2.75) is 19.3 Å². The van der Waals surface area contributed by atoms with E-state index < -0.39 is 0 Å². The van der Waals surface area contributed by atoms with Crippen LogP contribution < -0.4 is 14.8 Å². The van der Waals surface area contributed by atoms with E-state index in [9.17, 15) is 0 Å². The number of aromatic nitrogens is 5. The van der Waals surface area contributed by atoms with Gasteiger partial charge >= 0.3 is 0 Å². The van der Waals surface area contributed by atoms with Gasteiger partial charge in [-0.25, -0.2) is 9.97 Å². The lowest BCUT2D eigenvalue weighted by Crippen LogP contribution is -2.21. The van der Waals surface area contributed by atoms with Gasteiger partial charge in [-0.15, -0.1) is 0 Å². The molecule has 0 saturated carbocycles. The smallest absolute Gasteiger partial charge is 0.237 e. The molecule has 0 bridgehead atoms. The summed E-state index contributed by atoms with van der Waals surface area (Å²) in [6.07, 6.45) is 12.2. The number of nitrogens with one attached hydrogen (secondary N) is 1. The van der Waals surface area contributed by atoms with E-state index in [1.165, 1.54) is 25.9 Å². The summed E-state index contributed by atoms with van der Waals surface area (Å²) in [5.41, 5.74) is 1.63. The van der Waals surface area contributed by atoms with Crippen molar-refractivity contribution in [2.24, 2.45) is 0 Å². The van der Waals surface area contributed by atoms with Gasteiger partial charge in [0.1, 0.15) is 12.1 Å².